The molecular weight excluding hydrogens is 483 g/mol. The molecule has 112 valence electrons. The summed E-state index contributed by atoms with van der Waals surface area (Å²) in [4.78, 5) is 12.2. The second-order valence-corrected chi connectivity index (χ2v) is 8.43. The maximum atomic E-state index is 12.6. The zero-order chi connectivity index (χ0) is 15.6. The number of carbonyl (C=O) groups excluding carboxylic acids is 1. The van der Waals surface area contributed by atoms with E-state index in [4.69, 9.17) is 11.6 Å². The molecule has 0 aliphatic heterocycles. The molecule has 0 radical (unpaired) electrons. The van der Waals surface area contributed by atoms with E-state index >= 15 is 0 Å². The minimum absolute atomic E-state index is 0.0100. The van der Waals surface area contributed by atoms with Gasteiger partial charge in [-0.1, -0.05) is 96.2 Å². The van der Waals surface area contributed by atoms with Gasteiger partial charge in [-0.2, -0.15) is 0 Å². The van der Waals surface area contributed by atoms with Crippen LogP contribution in [-0.4, -0.2) is 15.4 Å². The Morgan fingerprint density at radius 3 is 2.57 bits per heavy atom. The van der Waals surface area contributed by atoms with Gasteiger partial charge in [0.1, 0.15) is 0 Å². The van der Waals surface area contributed by atoms with Gasteiger partial charge in [-0.15, -0.1) is 0 Å². The Labute approximate surface area is 155 Å². The van der Waals surface area contributed by atoms with Crippen LogP contribution in [-0.2, 0) is 0 Å². The van der Waals surface area contributed by atoms with Crippen molar-refractivity contribution in [1.82, 2.24) is 0 Å². The Hall–Kier alpha value is 0.1000. The van der Waals surface area contributed by atoms with Crippen LogP contribution in [0.3, 0.4) is 0 Å². The van der Waals surface area contributed by atoms with Gasteiger partial charge in [0.05, 0.1) is 14.7 Å². The lowest BCUT2D eigenvalue weighted by Gasteiger charge is -2.26. The fourth-order valence-electron chi connectivity index (χ4n) is 2.30. The Kier molecular flexibility index (Phi) is 6.30. The van der Waals surface area contributed by atoms with Crippen LogP contribution in [0.25, 0.3) is 0 Å². The predicted molar refractivity (Wildman–Crippen MR) is 100 cm³/mol. The Bertz CT molecular complexity index is 609. The summed E-state index contributed by atoms with van der Waals surface area (Å²) in [6.07, 6.45) is 5.07. The highest BCUT2D eigenvalue weighted by Crippen LogP contribution is 2.36. The molecule has 0 amide bonds. The highest BCUT2D eigenvalue weighted by atomic mass is 79.9. The molecular formula is C16H14Br3ClO. The van der Waals surface area contributed by atoms with Crippen molar-refractivity contribution in [2.75, 3.05) is 0 Å². The van der Waals surface area contributed by atoms with E-state index in [1.165, 1.54) is 10.1 Å². The van der Waals surface area contributed by atoms with Gasteiger partial charge < -0.3 is 0 Å². The normalized spacial score (nSPS) is 21.3. The molecule has 0 spiro atoms. The number of alkyl halides is 2. The number of carbonyl (C=O) groups is 1. The van der Waals surface area contributed by atoms with E-state index in [1.807, 2.05) is 18.2 Å². The van der Waals surface area contributed by atoms with Crippen LogP contribution in [0.4, 0.5) is 0 Å². The van der Waals surface area contributed by atoms with Crippen LogP contribution in [0.2, 0.25) is 5.02 Å². The SMILES string of the molecule is CC1CC(Br)=CC=C1C(Br)C(Br)C(=O)c1ccccc1Cl. The first kappa shape index (κ1) is 17.5. The molecule has 3 atom stereocenters. The maximum absolute atomic E-state index is 12.6. The summed E-state index contributed by atoms with van der Waals surface area (Å²) >= 11 is 16.8. The third-order valence-electron chi connectivity index (χ3n) is 3.49. The number of rotatable bonds is 4. The minimum Gasteiger partial charge on any atom is -0.293 e. The molecule has 0 aromatic heterocycles. The lowest BCUT2D eigenvalue weighted by atomic mass is 9.89. The van der Waals surface area contributed by atoms with Gasteiger partial charge in [0.2, 0.25) is 0 Å². The topological polar surface area (TPSA) is 17.1 Å². The van der Waals surface area contributed by atoms with Crippen LogP contribution < -0.4 is 0 Å². The molecule has 0 fully saturated rings. The van der Waals surface area contributed by atoms with Crippen molar-refractivity contribution >= 4 is 65.2 Å². The molecule has 1 aromatic rings. The maximum Gasteiger partial charge on any atom is 0.179 e. The predicted octanol–water partition coefficient (Wildman–Crippen LogP) is 6.29. The highest BCUT2D eigenvalue weighted by Gasteiger charge is 2.31. The smallest absolute Gasteiger partial charge is 0.179 e. The summed E-state index contributed by atoms with van der Waals surface area (Å²) in [7, 11) is 0. The van der Waals surface area contributed by atoms with Crippen molar-refractivity contribution in [3.63, 3.8) is 0 Å². The zero-order valence-electron chi connectivity index (χ0n) is 11.3. The number of hydrogen-bond acceptors (Lipinski definition) is 1. The van der Waals surface area contributed by atoms with Crippen molar-refractivity contribution in [3.05, 3.63) is 57.1 Å². The number of halogens is 4. The first-order chi connectivity index (χ1) is 9.91. The van der Waals surface area contributed by atoms with Gasteiger partial charge in [-0.05, 0) is 29.0 Å². The number of Topliss-reactive ketones (excluding diaryl/α,β-unsaturated/α-hetero) is 1. The Morgan fingerprint density at radius 2 is 1.95 bits per heavy atom. The second-order valence-electron chi connectivity index (χ2n) is 5.03. The van der Waals surface area contributed by atoms with Gasteiger partial charge in [0, 0.05) is 5.56 Å². The lowest BCUT2D eigenvalue weighted by Crippen LogP contribution is -2.29. The first-order valence-electron chi connectivity index (χ1n) is 6.55. The van der Waals surface area contributed by atoms with Crippen molar-refractivity contribution < 1.29 is 4.79 Å². The van der Waals surface area contributed by atoms with E-state index in [1.54, 1.807) is 12.1 Å². The minimum atomic E-state index is -0.351. The molecule has 1 aliphatic rings. The summed E-state index contributed by atoms with van der Waals surface area (Å²) in [5, 5.41) is 0.486. The summed E-state index contributed by atoms with van der Waals surface area (Å²) in [5.74, 6) is 0.372. The average Bonchev–Trinajstić information content (AvgIpc) is 2.45. The summed E-state index contributed by atoms with van der Waals surface area (Å²) in [6, 6.07) is 7.14. The van der Waals surface area contributed by atoms with Gasteiger partial charge in [0.15, 0.2) is 5.78 Å². The highest BCUT2D eigenvalue weighted by molar-refractivity contribution is 9.12. The largest absolute Gasteiger partial charge is 0.293 e. The van der Waals surface area contributed by atoms with Gasteiger partial charge in [0.25, 0.3) is 0 Å². The van der Waals surface area contributed by atoms with Crippen LogP contribution in [0.1, 0.15) is 23.7 Å². The van der Waals surface area contributed by atoms with Crippen LogP contribution in [0.5, 0.6) is 0 Å². The fourth-order valence-corrected chi connectivity index (χ4v) is 4.55. The van der Waals surface area contributed by atoms with E-state index in [9.17, 15) is 4.79 Å². The molecule has 1 aromatic carbocycles. The second kappa shape index (κ2) is 7.58. The molecule has 0 N–H and O–H groups in total. The molecule has 3 unspecified atom stereocenters. The Morgan fingerprint density at radius 1 is 1.29 bits per heavy atom. The number of ketones is 1. The van der Waals surface area contributed by atoms with Crippen LogP contribution >= 0.6 is 59.4 Å². The number of allylic oxidation sites excluding steroid dienone is 4. The Balaban J connectivity index is 2.22. The van der Waals surface area contributed by atoms with E-state index in [0.717, 1.165) is 6.42 Å². The standard InChI is InChI=1S/C16H14Br3ClO/c1-9-8-10(17)6-7-11(9)14(18)15(19)16(21)12-4-2-3-5-13(12)20/h2-7,9,14-15H,8H2,1H3. The third kappa shape index (κ3) is 4.10. The molecule has 1 aliphatic carbocycles. The quantitative estimate of drug-likeness (QED) is 0.353. The molecule has 0 saturated carbocycles. The van der Waals surface area contributed by atoms with Crippen molar-refractivity contribution in [3.8, 4) is 0 Å². The summed E-state index contributed by atoms with van der Waals surface area (Å²) < 4.78 is 1.18. The lowest BCUT2D eigenvalue weighted by molar-refractivity contribution is 0.0992. The van der Waals surface area contributed by atoms with E-state index < -0.39 is 0 Å². The van der Waals surface area contributed by atoms with Gasteiger partial charge in [-0.3, -0.25) is 4.79 Å². The first-order valence-corrected chi connectivity index (χ1v) is 9.55. The summed E-state index contributed by atoms with van der Waals surface area (Å²) in [5.41, 5.74) is 1.76. The fraction of sp³-hybridized carbons (Fsp3) is 0.312. The molecule has 0 saturated heterocycles. The average molecular weight is 497 g/mol. The summed E-state index contributed by atoms with van der Waals surface area (Å²) in [6.45, 7) is 2.16. The van der Waals surface area contributed by atoms with Crippen molar-refractivity contribution in [2.24, 2.45) is 5.92 Å². The van der Waals surface area contributed by atoms with Crippen LogP contribution in [0, 0.1) is 5.92 Å². The molecule has 0 bridgehead atoms. The number of hydrogen-bond donors (Lipinski definition) is 0. The van der Waals surface area contributed by atoms with Gasteiger partial charge in [-0.25, -0.2) is 0 Å². The van der Waals surface area contributed by atoms with Crippen molar-refractivity contribution in [2.45, 2.75) is 23.0 Å². The molecule has 0 heterocycles. The number of benzene rings is 1. The molecule has 5 heteroatoms. The molecule has 1 nitrogen and oxygen atoms in total. The zero-order valence-corrected chi connectivity index (χ0v) is 16.8. The molecule has 2 rings (SSSR count). The van der Waals surface area contributed by atoms with Crippen LogP contribution in [0.15, 0.2) is 46.5 Å². The molecule has 21 heavy (non-hydrogen) atoms. The van der Waals surface area contributed by atoms with E-state index in [-0.39, 0.29) is 15.4 Å². The third-order valence-corrected chi connectivity index (χ3v) is 7.12. The van der Waals surface area contributed by atoms with E-state index in [0.29, 0.717) is 16.5 Å². The van der Waals surface area contributed by atoms with E-state index in [2.05, 4.69) is 60.8 Å². The van der Waals surface area contributed by atoms with Crippen molar-refractivity contribution in [1.29, 1.82) is 0 Å². The monoisotopic (exact) mass is 494 g/mol. The van der Waals surface area contributed by atoms with Gasteiger partial charge >= 0.3 is 0 Å².